The van der Waals surface area contributed by atoms with Gasteiger partial charge in [0.05, 0.1) is 5.03 Å². The van der Waals surface area contributed by atoms with E-state index in [9.17, 15) is 0 Å². The molecular formula is C17H21N3S. The third-order valence-electron chi connectivity index (χ3n) is 4.07. The van der Waals surface area contributed by atoms with Crippen molar-refractivity contribution >= 4 is 11.8 Å². The highest BCUT2D eigenvalue weighted by molar-refractivity contribution is 7.99. The molecule has 1 aliphatic carbocycles. The number of fused-ring (bicyclic) bond motifs is 1. The lowest BCUT2D eigenvalue weighted by molar-refractivity contribution is 0.453. The summed E-state index contributed by atoms with van der Waals surface area (Å²) >= 11 is 1.87. The van der Waals surface area contributed by atoms with Crippen molar-refractivity contribution in [1.29, 1.82) is 0 Å². The molecule has 4 heteroatoms. The van der Waals surface area contributed by atoms with Crippen molar-refractivity contribution < 1.29 is 0 Å². The molecule has 1 aromatic heterocycles. The van der Waals surface area contributed by atoms with Gasteiger partial charge in [-0.25, -0.2) is 9.97 Å². The lowest BCUT2D eigenvalue weighted by Crippen LogP contribution is -2.35. The molecule has 3 rings (SSSR count). The van der Waals surface area contributed by atoms with Gasteiger partial charge in [-0.1, -0.05) is 38.1 Å². The first-order valence-electron chi connectivity index (χ1n) is 7.54. The van der Waals surface area contributed by atoms with Crippen molar-refractivity contribution in [2.24, 2.45) is 0 Å². The maximum atomic E-state index is 4.37. The fourth-order valence-electron chi connectivity index (χ4n) is 3.14. The fourth-order valence-corrected chi connectivity index (χ4v) is 4.46. The van der Waals surface area contributed by atoms with Crippen LogP contribution in [0.15, 0.2) is 47.9 Å². The molecule has 3 unspecified atom stereocenters. The monoisotopic (exact) mass is 299 g/mol. The molecular weight excluding hydrogens is 278 g/mol. The molecule has 21 heavy (non-hydrogen) atoms. The Kier molecular flexibility index (Phi) is 4.56. The first kappa shape index (κ1) is 14.5. The zero-order valence-corrected chi connectivity index (χ0v) is 13.3. The van der Waals surface area contributed by atoms with E-state index in [4.69, 9.17) is 0 Å². The molecule has 0 saturated heterocycles. The van der Waals surface area contributed by atoms with Crippen LogP contribution in [0, 0.1) is 0 Å². The molecule has 0 amide bonds. The third kappa shape index (κ3) is 3.11. The smallest absolute Gasteiger partial charge is 0.116 e. The van der Waals surface area contributed by atoms with E-state index < -0.39 is 0 Å². The third-order valence-corrected chi connectivity index (χ3v) is 5.32. The van der Waals surface area contributed by atoms with Crippen LogP contribution in [-0.4, -0.2) is 21.8 Å². The lowest BCUT2D eigenvalue weighted by atomic mass is 9.80. The number of benzene rings is 1. The molecule has 0 saturated carbocycles. The first-order chi connectivity index (χ1) is 10.3. The van der Waals surface area contributed by atoms with Gasteiger partial charge in [-0.2, -0.15) is 0 Å². The van der Waals surface area contributed by atoms with Crippen LogP contribution in [0.3, 0.4) is 0 Å². The highest BCUT2D eigenvalue weighted by Gasteiger charge is 2.33. The van der Waals surface area contributed by atoms with Crippen molar-refractivity contribution in [3.63, 3.8) is 0 Å². The van der Waals surface area contributed by atoms with Gasteiger partial charge in [0.2, 0.25) is 0 Å². The van der Waals surface area contributed by atoms with Gasteiger partial charge in [-0.3, -0.25) is 0 Å². The molecule has 3 nitrogen and oxygen atoms in total. The predicted molar refractivity (Wildman–Crippen MR) is 87.6 cm³/mol. The minimum Gasteiger partial charge on any atom is -0.309 e. The van der Waals surface area contributed by atoms with Crippen LogP contribution in [0.5, 0.6) is 0 Å². The van der Waals surface area contributed by atoms with Crippen molar-refractivity contribution in [1.82, 2.24) is 15.3 Å². The van der Waals surface area contributed by atoms with E-state index in [2.05, 4.69) is 53.4 Å². The van der Waals surface area contributed by atoms with Crippen LogP contribution < -0.4 is 5.32 Å². The van der Waals surface area contributed by atoms with E-state index in [0.29, 0.717) is 17.2 Å². The zero-order valence-electron chi connectivity index (χ0n) is 12.5. The summed E-state index contributed by atoms with van der Waals surface area (Å²) < 4.78 is 0. The Morgan fingerprint density at radius 3 is 2.76 bits per heavy atom. The summed E-state index contributed by atoms with van der Waals surface area (Å²) in [5, 5.41) is 5.23. The number of nitrogens with one attached hydrogen (secondary N) is 1. The second-order valence-electron chi connectivity index (χ2n) is 5.50. The van der Waals surface area contributed by atoms with E-state index in [-0.39, 0.29) is 0 Å². The van der Waals surface area contributed by atoms with E-state index in [0.717, 1.165) is 11.6 Å². The van der Waals surface area contributed by atoms with Crippen molar-refractivity contribution in [2.75, 3.05) is 6.54 Å². The van der Waals surface area contributed by atoms with Crippen LogP contribution in [0.1, 0.15) is 43.4 Å². The number of rotatable bonds is 4. The van der Waals surface area contributed by atoms with E-state index in [1.54, 1.807) is 6.33 Å². The summed E-state index contributed by atoms with van der Waals surface area (Å²) in [5.74, 6) is 0.593. The van der Waals surface area contributed by atoms with E-state index in [1.165, 1.54) is 17.5 Å². The number of nitrogens with zero attached hydrogens (tertiary/aromatic N) is 2. The Morgan fingerprint density at radius 1 is 1.24 bits per heavy atom. The predicted octanol–water partition coefficient (Wildman–Crippen LogP) is 3.80. The summed E-state index contributed by atoms with van der Waals surface area (Å²) in [6.07, 6.45) is 4.62. The number of hydrogen-bond acceptors (Lipinski definition) is 4. The molecule has 1 heterocycles. The lowest BCUT2D eigenvalue weighted by Gasteiger charge is -2.37. The summed E-state index contributed by atoms with van der Waals surface area (Å²) in [5.41, 5.74) is 2.94. The molecule has 1 N–H and O–H groups in total. The largest absolute Gasteiger partial charge is 0.309 e. The molecule has 1 aromatic carbocycles. The maximum absolute atomic E-state index is 4.37. The van der Waals surface area contributed by atoms with Gasteiger partial charge in [-0.15, -0.1) is 11.8 Å². The minimum absolute atomic E-state index is 0.391. The van der Waals surface area contributed by atoms with E-state index >= 15 is 0 Å². The summed E-state index contributed by atoms with van der Waals surface area (Å²) in [6, 6.07) is 11.2. The number of hydrogen-bond donors (Lipinski definition) is 1. The van der Waals surface area contributed by atoms with Crippen molar-refractivity contribution in [3.8, 4) is 0 Å². The second kappa shape index (κ2) is 6.58. The Labute approximate surface area is 130 Å². The average Bonchev–Trinajstić information content (AvgIpc) is 2.52. The maximum Gasteiger partial charge on any atom is 0.116 e. The summed E-state index contributed by atoms with van der Waals surface area (Å²) in [4.78, 5) is 8.38. The number of thioether (sulfide) groups is 1. The molecule has 3 atom stereocenters. The van der Waals surface area contributed by atoms with Crippen molar-refractivity contribution in [3.05, 3.63) is 54.0 Å². The zero-order chi connectivity index (χ0) is 14.7. The Morgan fingerprint density at radius 2 is 2.05 bits per heavy atom. The van der Waals surface area contributed by atoms with Gasteiger partial charge < -0.3 is 5.32 Å². The van der Waals surface area contributed by atoms with Crippen LogP contribution in [0.2, 0.25) is 0 Å². The van der Waals surface area contributed by atoms with Gasteiger partial charge in [0.15, 0.2) is 0 Å². The normalized spacial score (nSPS) is 24.6. The topological polar surface area (TPSA) is 37.8 Å². The second-order valence-corrected chi connectivity index (χ2v) is 6.76. The Hall–Kier alpha value is -1.39. The molecule has 0 radical (unpaired) electrons. The highest BCUT2D eigenvalue weighted by Crippen LogP contribution is 2.44. The first-order valence-corrected chi connectivity index (χ1v) is 8.42. The summed E-state index contributed by atoms with van der Waals surface area (Å²) in [6.45, 7) is 5.48. The Balaban J connectivity index is 1.90. The van der Waals surface area contributed by atoms with Crippen LogP contribution in [-0.2, 0) is 0 Å². The van der Waals surface area contributed by atoms with Gasteiger partial charge in [0.1, 0.15) is 6.33 Å². The van der Waals surface area contributed by atoms with Crippen molar-refractivity contribution in [2.45, 2.75) is 42.5 Å². The molecule has 0 aliphatic heterocycles. The number of aromatic nitrogens is 2. The minimum atomic E-state index is 0.391. The molecule has 2 aromatic rings. The van der Waals surface area contributed by atoms with Gasteiger partial charge in [0.25, 0.3) is 0 Å². The summed E-state index contributed by atoms with van der Waals surface area (Å²) in [7, 11) is 0. The quantitative estimate of drug-likeness (QED) is 0.872. The SMILES string of the molecule is CCNC1c2ccccc2C(C)CC1Sc1ccncn1. The molecule has 110 valence electrons. The molecule has 1 aliphatic rings. The fraction of sp³-hybridized carbons (Fsp3) is 0.412. The van der Waals surface area contributed by atoms with Gasteiger partial charge in [0, 0.05) is 17.5 Å². The van der Waals surface area contributed by atoms with Crippen LogP contribution in [0.25, 0.3) is 0 Å². The standard InChI is InChI=1S/C17H21N3S/c1-3-19-17-14-7-5-4-6-13(14)12(2)10-15(17)21-16-8-9-18-11-20-16/h4-9,11-12,15,17,19H,3,10H2,1-2H3. The van der Waals surface area contributed by atoms with Gasteiger partial charge >= 0.3 is 0 Å². The van der Waals surface area contributed by atoms with Crippen LogP contribution >= 0.6 is 11.8 Å². The van der Waals surface area contributed by atoms with Crippen LogP contribution in [0.4, 0.5) is 0 Å². The highest BCUT2D eigenvalue weighted by atomic mass is 32.2. The Bertz CT molecular complexity index is 588. The average molecular weight is 299 g/mol. The van der Waals surface area contributed by atoms with Gasteiger partial charge in [-0.05, 0) is 36.1 Å². The van der Waals surface area contributed by atoms with E-state index in [1.807, 2.05) is 24.0 Å². The molecule has 0 bridgehead atoms. The molecule has 0 fully saturated rings. The molecule has 0 spiro atoms.